The van der Waals surface area contributed by atoms with Gasteiger partial charge in [0.25, 0.3) is 0 Å². The fraction of sp³-hybridized carbons (Fsp3) is 0.333. The Kier molecular flexibility index (Phi) is 5.59. The molecule has 0 radical (unpaired) electrons. The summed E-state index contributed by atoms with van der Waals surface area (Å²) >= 11 is 0. The van der Waals surface area contributed by atoms with Gasteiger partial charge in [0, 0.05) is 19.0 Å². The monoisotopic (exact) mass is 391 g/mol. The molecule has 1 N–H and O–H groups in total. The van der Waals surface area contributed by atoms with E-state index < -0.39 is 27.7 Å². The molecule has 1 heterocycles. The van der Waals surface area contributed by atoms with Crippen LogP contribution in [0, 0.1) is 6.92 Å². The van der Waals surface area contributed by atoms with Crippen molar-refractivity contribution in [3.05, 3.63) is 41.7 Å². The number of halogens is 3. The van der Waals surface area contributed by atoms with Crippen LogP contribution in [0.15, 0.2) is 34.9 Å². The summed E-state index contributed by atoms with van der Waals surface area (Å²) in [6.07, 6.45) is -4.04. The molecule has 2 aromatic rings. The summed E-state index contributed by atoms with van der Waals surface area (Å²) in [5.74, 6) is 0.0819. The van der Waals surface area contributed by atoms with E-state index in [4.69, 9.17) is 4.52 Å². The lowest BCUT2D eigenvalue weighted by molar-refractivity contribution is -0.137. The lowest BCUT2D eigenvalue weighted by Crippen LogP contribution is -2.33. The molecular formula is C15H16F3N3O4S. The first-order valence-corrected chi connectivity index (χ1v) is 9.20. The number of rotatable bonds is 6. The molecule has 0 unspecified atom stereocenters. The van der Waals surface area contributed by atoms with E-state index in [1.807, 2.05) is 0 Å². The number of aromatic nitrogens is 1. The molecular weight excluding hydrogens is 375 g/mol. The summed E-state index contributed by atoms with van der Waals surface area (Å²) in [5, 5.41) is 5.98. The van der Waals surface area contributed by atoms with Crippen LogP contribution in [0.1, 0.15) is 17.7 Å². The largest absolute Gasteiger partial charge is 0.416 e. The van der Waals surface area contributed by atoms with Crippen molar-refractivity contribution in [1.29, 1.82) is 0 Å². The molecule has 0 aliphatic rings. The minimum Gasteiger partial charge on any atom is -0.360 e. The van der Waals surface area contributed by atoms with Crippen LogP contribution in [0.2, 0.25) is 0 Å². The molecule has 0 aliphatic carbocycles. The Bertz CT molecular complexity index is 894. The first-order chi connectivity index (χ1) is 12.0. The van der Waals surface area contributed by atoms with Crippen LogP contribution in [0.25, 0.3) is 0 Å². The van der Waals surface area contributed by atoms with E-state index in [1.54, 1.807) is 6.92 Å². The van der Waals surface area contributed by atoms with Crippen LogP contribution in [0.3, 0.4) is 0 Å². The lowest BCUT2D eigenvalue weighted by atomic mass is 10.2. The summed E-state index contributed by atoms with van der Waals surface area (Å²) in [6, 6.07) is 5.37. The van der Waals surface area contributed by atoms with Gasteiger partial charge >= 0.3 is 6.18 Å². The number of aryl methyl sites for hydroxylation is 1. The van der Waals surface area contributed by atoms with Crippen molar-refractivity contribution < 1.29 is 30.9 Å². The molecule has 1 aromatic carbocycles. The summed E-state index contributed by atoms with van der Waals surface area (Å²) in [5.41, 5.74) is -1.15. The number of carbonyl (C=O) groups excluding carboxylic acids is 1. The molecule has 0 aliphatic heterocycles. The fourth-order valence-corrected chi connectivity index (χ4v) is 3.08. The van der Waals surface area contributed by atoms with Gasteiger partial charge < -0.3 is 9.84 Å². The van der Waals surface area contributed by atoms with Crippen LogP contribution < -0.4 is 9.62 Å². The van der Waals surface area contributed by atoms with Crippen molar-refractivity contribution in [1.82, 2.24) is 5.16 Å². The summed E-state index contributed by atoms with van der Waals surface area (Å²) in [4.78, 5) is 11.9. The topological polar surface area (TPSA) is 92.5 Å². The molecule has 0 saturated carbocycles. The molecule has 11 heteroatoms. The molecule has 1 aromatic heterocycles. The van der Waals surface area contributed by atoms with Crippen LogP contribution in [-0.4, -0.2) is 32.3 Å². The zero-order valence-electron chi connectivity index (χ0n) is 13.9. The standard InChI is InChI=1S/C15H16F3N3O4S/c1-10-8-13(20-25-10)19-14(22)6-7-21(26(2,23)24)12-5-3-4-11(9-12)15(16,17)18/h3-5,8-9H,6-7H2,1-2H3,(H,19,20,22). The smallest absolute Gasteiger partial charge is 0.360 e. The second kappa shape index (κ2) is 7.36. The first kappa shape index (κ1) is 19.8. The molecule has 2 rings (SSSR count). The Morgan fingerprint density at radius 3 is 2.54 bits per heavy atom. The van der Waals surface area contributed by atoms with Crippen LogP contribution in [-0.2, 0) is 21.0 Å². The van der Waals surface area contributed by atoms with E-state index in [0.29, 0.717) is 5.76 Å². The normalized spacial score (nSPS) is 12.0. The van der Waals surface area contributed by atoms with Crippen molar-refractivity contribution >= 4 is 27.4 Å². The maximum atomic E-state index is 12.8. The second-order valence-corrected chi connectivity index (χ2v) is 7.41. The number of alkyl halides is 3. The molecule has 0 bridgehead atoms. The van der Waals surface area contributed by atoms with Crippen molar-refractivity contribution in [3.63, 3.8) is 0 Å². The Balaban J connectivity index is 2.15. The van der Waals surface area contributed by atoms with Crippen molar-refractivity contribution in [2.45, 2.75) is 19.5 Å². The zero-order valence-corrected chi connectivity index (χ0v) is 14.7. The molecule has 0 spiro atoms. The minimum atomic E-state index is -4.61. The van der Waals surface area contributed by atoms with Gasteiger partial charge in [-0.25, -0.2) is 8.42 Å². The molecule has 0 atom stereocenters. The number of benzene rings is 1. The second-order valence-electron chi connectivity index (χ2n) is 5.50. The third-order valence-corrected chi connectivity index (χ3v) is 4.49. The Hall–Kier alpha value is -2.56. The Morgan fingerprint density at radius 2 is 2.00 bits per heavy atom. The van der Waals surface area contributed by atoms with E-state index in [-0.39, 0.29) is 24.5 Å². The lowest BCUT2D eigenvalue weighted by Gasteiger charge is -2.23. The number of nitrogens with zero attached hydrogens (tertiary/aromatic N) is 2. The molecule has 26 heavy (non-hydrogen) atoms. The van der Waals surface area contributed by atoms with Gasteiger partial charge in [0.05, 0.1) is 17.5 Å². The highest BCUT2D eigenvalue weighted by Crippen LogP contribution is 2.32. The van der Waals surface area contributed by atoms with Gasteiger partial charge in [-0.15, -0.1) is 0 Å². The van der Waals surface area contributed by atoms with Gasteiger partial charge in [0.2, 0.25) is 15.9 Å². The maximum Gasteiger partial charge on any atom is 0.416 e. The number of hydrogen-bond acceptors (Lipinski definition) is 5. The third kappa shape index (κ3) is 5.22. The molecule has 7 nitrogen and oxygen atoms in total. The van der Waals surface area contributed by atoms with Gasteiger partial charge in [-0.05, 0) is 25.1 Å². The van der Waals surface area contributed by atoms with Crippen LogP contribution >= 0.6 is 0 Å². The summed E-state index contributed by atoms with van der Waals surface area (Å²) < 4.78 is 67.9. The maximum absolute atomic E-state index is 12.8. The van der Waals surface area contributed by atoms with E-state index in [0.717, 1.165) is 28.8 Å². The average molecular weight is 391 g/mol. The minimum absolute atomic E-state index is 0.164. The molecule has 142 valence electrons. The van der Waals surface area contributed by atoms with Crippen molar-refractivity contribution in [2.75, 3.05) is 22.4 Å². The number of hydrogen-bond donors (Lipinski definition) is 1. The summed E-state index contributed by atoms with van der Waals surface area (Å²) in [6.45, 7) is 1.30. The van der Waals surface area contributed by atoms with Crippen molar-refractivity contribution in [2.24, 2.45) is 0 Å². The Labute approximate surface area is 147 Å². The van der Waals surface area contributed by atoms with Gasteiger partial charge in [0.15, 0.2) is 5.82 Å². The van der Waals surface area contributed by atoms with E-state index in [2.05, 4.69) is 10.5 Å². The van der Waals surface area contributed by atoms with Crippen LogP contribution in [0.5, 0.6) is 0 Å². The van der Waals surface area contributed by atoms with E-state index in [9.17, 15) is 26.4 Å². The molecule has 1 amide bonds. The zero-order chi connectivity index (χ0) is 19.5. The predicted molar refractivity (Wildman–Crippen MR) is 88.1 cm³/mol. The summed E-state index contributed by atoms with van der Waals surface area (Å²) in [7, 11) is -3.89. The molecule has 0 saturated heterocycles. The Morgan fingerprint density at radius 1 is 1.31 bits per heavy atom. The first-order valence-electron chi connectivity index (χ1n) is 7.35. The predicted octanol–water partition coefficient (Wildman–Crippen LogP) is 2.80. The van der Waals surface area contributed by atoms with Gasteiger partial charge in [0.1, 0.15) is 5.76 Å². The van der Waals surface area contributed by atoms with Gasteiger partial charge in [-0.3, -0.25) is 9.10 Å². The number of anilines is 2. The number of nitrogens with one attached hydrogen (secondary N) is 1. The number of sulfonamides is 1. The quantitative estimate of drug-likeness (QED) is 0.817. The number of carbonyl (C=O) groups is 1. The third-order valence-electron chi connectivity index (χ3n) is 3.30. The van der Waals surface area contributed by atoms with Crippen molar-refractivity contribution in [3.8, 4) is 0 Å². The highest BCUT2D eigenvalue weighted by Gasteiger charge is 2.31. The highest BCUT2D eigenvalue weighted by atomic mass is 32.2. The highest BCUT2D eigenvalue weighted by molar-refractivity contribution is 7.92. The molecule has 0 fully saturated rings. The van der Waals surface area contributed by atoms with Crippen LogP contribution in [0.4, 0.5) is 24.7 Å². The van der Waals surface area contributed by atoms with Gasteiger partial charge in [-0.1, -0.05) is 11.2 Å². The van der Waals surface area contributed by atoms with E-state index >= 15 is 0 Å². The SMILES string of the molecule is Cc1cc(NC(=O)CCN(c2cccc(C(F)(F)F)c2)S(C)(=O)=O)no1. The fourth-order valence-electron chi connectivity index (χ4n) is 2.16. The average Bonchev–Trinajstić information content (AvgIpc) is 2.90. The van der Waals surface area contributed by atoms with E-state index in [1.165, 1.54) is 12.1 Å². The van der Waals surface area contributed by atoms with Gasteiger partial charge in [-0.2, -0.15) is 13.2 Å². The number of amides is 1.